The number of hydrogen-bond acceptors (Lipinski definition) is 18. The van der Waals surface area contributed by atoms with Gasteiger partial charge in [-0.2, -0.15) is 0 Å². The number of rotatable bonds is 14. The molecule has 48 heavy (non-hydrogen) atoms. The maximum Gasteiger partial charge on any atom is 0.243 e. The van der Waals surface area contributed by atoms with Crippen molar-refractivity contribution in [1.29, 1.82) is 0 Å². The molecule has 0 spiro atoms. The zero-order chi connectivity index (χ0) is 33.9. The molecule has 2 aliphatic rings. The topological polar surface area (TPSA) is 263 Å². The standard InChI is InChI=1S/C24H32N10O10P2S2/c35-5-11-15(37)18(44-46(40)48)24(41-11)34-10-32-14-20(28-8-30-22(14)34)26-4-2-1-3-25-19-13-21(29-7-27-19)33(9-31-13)23-16(38)17(43-45(39)47)12(6-36)42-23/h1-2,7-12,15-18,23-24,35-38,45-46H,3-6H2,(H,39,47)(H,40,48)(H,25,27,29)(H,26,28,30)/b2-1+/t11-,12?,15-,16-,17-,18-,23?,24?/m1/s1. The zero-order valence-electron chi connectivity index (χ0n) is 24.6. The summed E-state index contributed by atoms with van der Waals surface area (Å²) >= 11 is 7.59. The molecular weight excluding hydrogens is 714 g/mol. The molecule has 0 aliphatic carbocycles. The van der Waals surface area contributed by atoms with Crippen LogP contribution in [0.5, 0.6) is 0 Å². The summed E-state index contributed by atoms with van der Waals surface area (Å²) < 4.78 is 48.3. The predicted molar refractivity (Wildman–Crippen MR) is 176 cm³/mol. The van der Waals surface area contributed by atoms with E-state index in [-0.39, 0.29) is 0 Å². The summed E-state index contributed by atoms with van der Waals surface area (Å²) in [6.45, 7) is -0.224. The third-order valence-corrected chi connectivity index (χ3v) is 9.24. The van der Waals surface area contributed by atoms with Crippen LogP contribution in [0.4, 0.5) is 11.6 Å². The van der Waals surface area contributed by atoms with Crippen molar-refractivity contribution in [3.05, 3.63) is 37.5 Å². The number of aromatic nitrogens is 8. The quantitative estimate of drug-likeness (QED) is 0.0478. The van der Waals surface area contributed by atoms with Crippen molar-refractivity contribution in [1.82, 2.24) is 39.0 Å². The number of aliphatic hydroxyl groups is 4. The van der Waals surface area contributed by atoms with Gasteiger partial charge < -0.3 is 49.6 Å². The van der Waals surface area contributed by atoms with Crippen LogP contribution < -0.4 is 10.6 Å². The maximum absolute atomic E-state index is 11.7. The molecule has 0 saturated carbocycles. The monoisotopic (exact) mass is 746 g/mol. The molecule has 2 fully saturated rings. The van der Waals surface area contributed by atoms with E-state index in [2.05, 4.69) is 65.0 Å². The summed E-state index contributed by atoms with van der Waals surface area (Å²) in [4.78, 5) is 25.8. The minimum atomic E-state index is -2.74. The predicted octanol–water partition coefficient (Wildman–Crippen LogP) is -0.0432. The van der Waals surface area contributed by atoms with E-state index in [4.69, 9.17) is 18.5 Å². The maximum atomic E-state index is 11.7. The van der Waals surface area contributed by atoms with Gasteiger partial charge in [0, 0.05) is 13.1 Å². The Kier molecular flexibility index (Phi) is 11.3. The number of thiol groups is 2. The number of fused-ring (bicyclic) bond motifs is 2. The van der Waals surface area contributed by atoms with Crippen LogP contribution >= 0.6 is 39.0 Å². The van der Waals surface area contributed by atoms with Gasteiger partial charge in [0.2, 0.25) is 14.5 Å². The van der Waals surface area contributed by atoms with Crippen LogP contribution in [0.25, 0.3) is 22.3 Å². The summed E-state index contributed by atoms with van der Waals surface area (Å²) in [5, 5.41) is 46.9. The molecule has 6 N–H and O–H groups in total. The summed E-state index contributed by atoms with van der Waals surface area (Å²) in [7, 11) is -5.45. The molecule has 5 unspecified atom stereocenters. The molecule has 20 nitrogen and oxygen atoms in total. The fourth-order valence-electron chi connectivity index (χ4n) is 5.51. The molecule has 6 rings (SSSR count). The molecule has 2 aliphatic heterocycles. The van der Waals surface area contributed by atoms with Crippen molar-refractivity contribution >= 4 is 72.9 Å². The lowest BCUT2D eigenvalue weighted by molar-refractivity contribution is -0.0502. The highest BCUT2D eigenvalue weighted by molar-refractivity contribution is 8.39. The van der Waals surface area contributed by atoms with Gasteiger partial charge in [0.15, 0.2) is 46.4 Å². The normalized spacial score (nSPS) is 28.9. The first-order valence-electron chi connectivity index (χ1n) is 14.4. The van der Waals surface area contributed by atoms with Crippen LogP contribution in [0.15, 0.2) is 37.5 Å². The SMILES string of the molecule is O=[PH](S)O[C@@H]1C(CO)OC(n2cnc3c(NC/C=C/CNc4ncnc5c4ncn5C4O[C@H](CO)[C@@H](O)[C@H]4O[PH](=O)S)ncnc32)[C@@H]1O. The Hall–Kier alpha value is -2.72. The van der Waals surface area contributed by atoms with Crippen LogP contribution in [0, 0.1) is 0 Å². The van der Waals surface area contributed by atoms with Crippen molar-refractivity contribution in [2.24, 2.45) is 0 Å². The average molecular weight is 747 g/mol. The van der Waals surface area contributed by atoms with E-state index in [1.54, 1.807) is 0 Å². The van der Waals surface area contributed by atoms with Gasteiger partial charge in [-0.1, -0.05) is 36.6 Å². The first kappa shape index (κ1) is 35.1. The molecule has 0 radical (unpaired) electrons. The second-order valence-electron chi connectivity index (χ2n) is 10.5. The molecule has 4 aromatic rings. The Bertz CT molecular complexity index is 1820. The lowest BCUT2D eigenvalue weighted by Gasteiger charge is -2.20. The highest BCUT2D eigenvalue weighted by atomic mass is 32.7. The fourth-order valence-corrected chi connectivity index (χ4v) is 7.25. The Balaban J connectivity index is 1.08. The van der Waals surface area contributed by atoms with Gasteiger partial charge in [0.1, 0.15) is 49.3 Å². The zero-order valence-corrected chi connectivity index (χ0v) is 28.4. The van der Waals surface area contributed by atoms with Gasteiger partial charge >= 0.3 is 0 Å². The Morgan fingerprint density at radius 3 is 1.77 bits per heavy atom. The van der Waals surface area contributed by atoms with E-state index in [0.29, 0.717) is 47.1 Å². The van der Waals surface area contributed by atoms with Crippen LogP contribution in [-0.4, -0.2) is 122 Å². The van der Waals surface area contributed by atoms with Gasteiger partial charge in [0.05, 0.1) is 25.9 Å². The molecular formula is C24H32N10O10P2S2. The summed E-state index contributed by atoms with van der Waals surface area (Å²) in [6.07, 6.45) is 0.673. The molecule has 0 bridgehead atoms. The van der Waals surface area contributed by atoms with E-state index >= 15 is 0 Å². The van der Waals surface area contributed by atoms with Crippen molar-refractivity contribution in [3.63, 3.8) is 0 Å². The van der Waals surface area contributed by atoms with Crippen LogP contribution in [0.3, 0.4) is 0 Å². The third-order valence-electron chi connectivity index (χ3n) is 7.66. The summed E-state index contributed by atoms with van der Waals surface area (Å²) in [6, 6.07) is 0. The first-order valence-corrected chi connectivity index (χ1v) is 19.6. The number of nitrogens with one attached hydrogen (secondary N) is 2. The van der Waals surface area contributed by atoms with Crippen LogP contribution in [0.2, 0.25) is 0 Å². The molecule has 0 amide bonds. The van der Waals surface area contributed by atoms with E-state index in [0.717, 1.165) is 0 Å². The Labute approximate surface area is 283 Å². The highest BCUT2D eigenvalue weighted by Crippen LogP contribution is 2.42. The van der Waals surface area contributed by atoms with Crippen molar-refractivity contribution in [3.8, 4) is 0 Å². The van der Waals surface area contributed by atoms with Crippen molar-refractivity contribution in [2.45, 2.75) is 49.1 Å². The Morgan fingerprint density at radius 1 is 0.750 bits per heavy atom. The summed E-state index contributed by atoms with van der Waals surface area (Å²) in [5.41, 5.74) is 1.53. The smallest absolute Gasteiger partial charge is 0.243 e. The second-order valence-corrected chi connectivity index (χ2v) is 14.2. The molecule has 2 saturated heterocycles. The lowest BCUT2D eigenvalue weighted by Crippen LogP contribution is -2.34. The molecule has 4 aromatic heterocycles. The van der Waals surface area contributed by atoms with E-state index in [1.165, 1.54) is 34.4 Å². The van der Waals surface area contributed by atoms with Crippen LogP contribution in [0.1, 0.15) is 12.5 Å². The van der Waals surface area contributed by atoms with Crippen molar-refractivity contribution in [2.75, 3.05) is 36.9 Å². The molecule has 6 heterocycles. The van der Waals surface area contributed by atoms with E-state index < -0.39 is 76.8 Å². The van der Waals surface area contributed by atoms with Gasteiger partial charge in [-0.25, -0.2) is 29.9 Å². The second kappa shape index (κ2) is 15.4. The largest absolute Gasteiger partial charge is 0.394 e. The first-order chi connectivity index (χ1) is 23.2. The molecule has 260 valence electrons. The molecule has 0 aromatic carbocycles. The number of hydrogen-bond donors (Lipinski definition) is 8. The number of aliphatic hydroxyl groups excluding tert-OH is 4. The van der Waals surface area contributed by atoms with E-state index in [1.807, 2.05) is 12.2 Å². The lowest BCUT2D eigenvalue weighted by atomic mass is 10.1. The van der Waals surface area contributed by atoms with E-state index in [9.17, 15) is 29.6 Å². The number of imidazole rings is 2. The highest BCUT2D eigenvalue weighted by Gasteiger charge is 2.47. The molecule has 10 atom stereocenters. The van der Waals surface area contributed by atoms with Gasteiger partial charge in [-0.3, -0.25) is 18.3 Å². The van der Waals surface area contributed by atoms with Crippen LogP contribution in [-0.2, 0) is 27.7 Å². The molecule has 24 heteroatoms. The number of nitrogens with zero attached hydrogens (tertiary/aromatic N) is 8. The van der Waals surface area contributed by atoms with Gasteiger partial charge in [-0.05, 0) is 0 Å². The van der Waals surface area contributed by atoms with Gasteiger partial charge in [-0.15, -0.1) is 0 Å². The number of anilines is 2. The number of ether oxygens (including phenoxy) is 2. The Morgan fingerprint density at radius 2 is 1.25 bits per heavy atom. The van der Waals surface area contributed by atoms with Crippen molar-refractivity contribution < 1.29 is 48.1 Å². The van der Waals surface area contributed by atoms with Gasteiger partial charge in [0.25, 0.3) is 0 Å². The average Bonchev–Trinajstić information content (AvgIpc) is 3.83. The fraction of sp³-hybridized carbons (Fsp3) is 0.500. The summed E-state index contributed by atoms with van der Waals surface area (Å²) in [5.74, 6) is 0.845. The minimum absolute atomic E-state index is 0.354. The third kappa shape index (κ3) is 7.11. The minimum Gasteiger partial charge on any atom is -0.394 e.